The van der Waals surface area contributed by atoms with Gasteiger partial charge in [-0.2, -0.15) is 12.7 Å². The number of pyridine rings is 1. The van der Waals surface area contributed by atoms with E-state index in [1.807, 2.05) is 12.1 Å². The smallest absolute Gasteiger partial charge is 0.295 e. The molecule has 3 heterocycles. The van der Waals surface area contributed by atoms with Crippen LogP contribution in [0.2, 0.25) is 0 Å². The highest BCUT2D eigenvalue weighted by Gasteiger charge is 2.59. The lowest BCUT2D eigenvalue weighted by molar-refractivity contribution is 0.101. The third kappa shape index (κ3) is 4.61. The number of hydrogen-bond donors (Lipinski definition) is 0. The monoisotopic (exact) mass is 527 g/mol. The van der Waals surface area contributed by atoms with Crippen LogP contribution < -0.4 is 8.61 Å². The Morgan fingerprint density at radius 2 is 1.71 bits per heavy atom. The van der Waals surface area contributed by atoms with Crippen LogP contribution in [0.15, 0.2) is 36.5 Å². The Balaban J connectivity index is 1.29. The lowest BCUT2D eigenvalue weighted by atomic mass is 10.1. The molecule has 0 spiro atoms. The fraction of sp³-hybridized carbons (Fsp3) is 0.500. The summed E-state index contributed by atoms with van der Waals surface area (Å²) in [4.78, 5) is 6.69. The van der Waals surface area contributed by atoms with Gasteiger partial charge in [-0.25, -0.2) is 17.2 Å². The van der Waals surface area contributed by atoms with Gasteiger partial charge in [0.05, 0.1) is 23.3 Å². The highest BCUT2D eigenvalue weighted by Crippen LogP contribution is 2.51. The number of piperazine rings is 1. The molecule has 1 saturated carbocycles. The first-order valence-corrected chi connectivity index (χ1v) is 14.5. The van der Waals surface area contributed by atoms with Gasteiger partial charge in [0.25, 0.3) is 5.92 Å². The molecule has 0 amide bonds. The Labute approximate surface area is 204 Å². The molecule has 3 aliphatic rings. The molecule has 1 saturated heterocycles. The average Bonchev–Trinajstić information content (AvgIpc) is 3.37. The van der Waals surface area contributed by atoms with Gasteiger partial charge in [-0.3, -0.25) is 18.5 Å². The topological polar surface area (TPSA) is 94.1 Å². The molecule has 1 unspecified atom stereocenters. The van der Waals surface area contributed by atoms with E-state index >= 15 is 0 Å². The van der Waals surface area contributed by atoms with Crippen molar-refractivity contribution in [1.82, 2.24) is 14.2 Å². The SMILES string of the molecule is CN1c2cc(-c3ccc(CN4CCN(S(C)(=O)=O)CC4)nc3)ccc2N(CC2CC2(F)F)S1(=O)=O. The van der Waals surface area contributed by atoms with Gasteiger partial charge in [0.2, 0.25) is 10.0 Å². The van der Waals surface area contributed by atoms with Crippen LogP contribution in [-0.4, -0.2) is 83.0 Å². The van der Waals surface area contributed by atoms with Crippen LogP contribution in [0.25, 0.3) is 11.1 Å². The van der Waals surface area contributed by atoms with E-state index in [2.05, 4.69) is 9.88 Å². The van der Waals surface area contributed by atoms with Gasteiger partial charge in [-0.05, 0) is 23.8 Å². The second-order valence-electron chi connectivity index (χ2n) is 9.35. The van der Waals surface area contributed by atoms with Crippen LogP contribution in [-0.2, 0) is 26.8 Å². The van der Waals surface area contributed by atoms with Crippen molar-refractivity contribution in [1.29, 1.82) is 0 Å². The van der Waals surface area contributed by atoms with Crippen molar-refractivity contribution >= 4 is 31.6 Å². The fourth-order valence-corrected chi connectivity index (χ4v) is 6.85. The summed E-state index contributed by atoms with van der Waals surface area (Å²) in [6, 6.07) is 8.96. The van der Waals surface area contributed by atoms with Gasteiger partial charge < -0.3 is 0 Å². The molecule has 5 rings (SSSR count). The predicted octanol–water partition coefficient (Wildman–Crippen LogP) is 1.98. The number of nitrogens with zero attached hydrogens (tertiary/aromatic N) is 5. The summed E-state index contributed by atoms with van der Waals surface area (Å²) < 4.78 is 79.6. The standard InChI is InChI=1S/C22H27F2N5O4S2/c1-26-21-11-16(4-6-20(21)29(35(26,32)33)14-18-12-22(18,23)24)17-3-5-19(25-13-17)15-27-7-9-28(10-8-27)34(2,30)31/h3-6,11,13,18H,7-10,12,14-15H2,1-2H3. The van der Waals surface area contributed by atoms with Crippen molar-refractivity contribution < 1.29 is 25.6 Å². The number of sulfonamides is 1. The van der Waals surface area contributed by atoms with Gasteiger partial charge in [0.15, 0.2) is 0 Å². The number of anilines is 2. The molecule has 0 radical (unpaired) electrons. The molecule has 0 N–H and O–H groups in total. The number of aromatic nitrogens is 1. The van der Waals surface area contributed by atoms with E-state index in [1.54, 1.807) is 24.4 Å². The number of alkyl halides is 2. The first kappa shape index (κ1) is 24.3. The van der Waals surface area contributed by atoms with Crippen molar-refractivity contribution in [2.24, 2.45) is 5.92 Å². The molecule has 0 bridgehead atoms. The maximum atomic E-state index is 13.4. The van der Waals surface area contributed by atoms with E-state index in [9.17, 15) is 25.6 Å². The molecular formula is C22H27F2N5O4S2. The summed E-state index contributed by atoms with van der Waals surface area (Å²) in [5, 5.41) is 0. The van der Waals surface area contributed by atoms with Crippen LogP contribution in [0.1, 0.15) is 12.1 Å². The van der Waals surface area contributed by atoms with E-state index in [1.165, 1.54) is 17.6 Å². The first-order chi connectivity index (χ1) is 16.4. The largest absolute Gasteiger partial charge is 0.326 e. The summed E-state index contributed by atoms with van der Waals surface area (Å²) in [5.41, 5.74) is 3.26. The zero-order valence-electron chi connectivity index (χ0n) is 19.4. The van der Waals surface area contributed by atoms with Crippen LogP contribution in [0.5, 0.6) is 0 Å². The van der Waals surface area contributed by atoms with Crippen molar-refractivity contribution in [2.75, 3.05) is 54.6 Å². The normalized spacial score (nSPS) is 23.9. The number of fused-ring (bicyclic) bond motifs is 1. The molecule has 1 aliphatic carbocycles. The minimum atomic E-state index is -3.89. The van der Waals surface area contributed by atoms with E-state index in [0.29, 0.717) is 44.1 Å². The zero-order valence-corrected chi connectivity index (χ0v) is 21.1. The fourth-order valence-electron chi connectivity index (χ4n) is 4.56. The van der Waals surface area contributed by atoms with Crippen LogP contribution in [0.3, 0.4) is 0 Å². The van der Waals surface area contributed by atoms with Crippen LogP contribution >= 0.6 is 0 Å². The van der Waals surface area contributed by atoms with E-state index < -0.39 is 32.1 Å². The average molecular weight is 528 g/mol. The lowest BCUT2D eigenvalue weighted by Gasteiger charge is -2.32. The van der Waals surface area contributed by atoms with Gasteiger partial charge >= 0.3 is 10.2 Å². The molecule has 35 heavy (non-hydrogen) atoms. The van der Waals surface area contributed by atoms with Gasteiger partial charge in [0.1, 0.15) is 0 Å². The van der Waals surface area contributed by atoms with E-state index in [0.717, 1.165) is 25.4 Å². The van der Waals surface area contributed by atoms with Crippen molar-refractivity contribution in [2.45, 2.75) is 18.9 Å². The zero-order chi connectivity index (χ0) is 25.2. The molecule has 1 aromatic heterocycles. The summed E-state index contributed by atoms with van der Waals surface area (Å²) in [5.74, 6) is -3.76. The number of rotatable bonds is 6. The number of halogens is 2. The molecule has 2 fully saturated rings. The maximum Gasteiger partial charge on any atom is 0.326 e. The van der Waals surface area contributed by atoms with E-state index in [4.69, 9.17) is 0 Å². The minimum Gasteiger partial charge on any atom is -0.295 e. The molecule has 2 aliphatic heterocycles. The van der Waals surface area contributed by atoms with E-state index in [-0.39, 0.29) is 13.0 Å². The molecule has 1 atom stereocenters. The third-order valence-electron chi connectivity index (χ3n) is 6.89. The second kappa shape index (κ2) is 8.36. The van der Waals surface area contributed by atoms with Crippen molar-refractivity contribution in [3.63, 3.8) is 0 Å². The Morgan fingerprint density at radius 3 is 2.29 bits per heavy atom. The van der Waals surface area contributed by atoms with Crippen molar-refractivity contribution in [3.05, 3.63) is 42.2 Å². The Kier molecular flexibility index (Phi) is 5.81. The predicted molar refractivity (Wildman–Crippen MR) is 129 cm³/mol. The van der Waals surface area contributed by atoms with Crippen LogP contribution in [0, 0.1) is 5.92 Å². The summed E-state index contributed by atoms with van der Waals surface area (Å²) in [6.07, 6.45) is 2.65. The maximum absolute atomic E-state index is 13.4. The molecule has 9 nitrogen and oxygen atoms in total. The number of benzene rings is 1. The van der Waals surface area contributed by atoms with Crippen molar-refractivity contribution in [3.8, 4) is 11.1 Å². The molecule has 13 heteroatoms. The minimum absolute atomic E-state index is 0.235. The summed E-state index contributed by atoms with van der Waals surface area (Å²) in [6.45, 7) is 2.54. The van der Waals surface area contributed by atoms with Crippen LogP contribution in [0.4, 0.5) is 20.2 Å². The Bertz CT molecular complexity index is 1340. The Hall–Kier alpha value is -2.35. The third-order valence-corrected chi connectivity index (χ3v) is 9.99. The second-order valence-corrected chi connectivity index (χ2v) is 13.2. The summed E-state index contributed by atoms with van der Waals surface area (Å²) >= 11 is 0. The molecule has 2 aromatic rings. The molecule has 1 aromatic carbocycles. The van der Waals surface area contributed by atoms with Gasteiger partial charge in [0, 0.05) is 70.4 Å². The summed E-state index contributed by atoms with van der Waals surface area (Å²) in [7, 11) is -5.64. The van der Waals surface area contributed by atoms with Gasteiger partial charge in [-0.1, -0.05) is 12.1 Å². The molecular weight excluding hydrogens is 500 g/mol. The lowest BCUT2D eigenvalue weighted by Crippen LogP contribution is -2.47. The highest BCUT2D eigenvalue weighted by molar-refractivity contribution is 7.94. The highest BCUT2D eigenvalue weighted by atomic mass is 32.2. The van der Waals surface area contributed by atoms with Gasteiger partial charge in [-0.15, -0.1) is 0 Å². The quantitative estimate of drug-likeness (QED) is 0.571. The first-order valence-electron chi connectivity index (χ1n) is 11.3. The number of hydrogen-bond acceptors (Lipinski definition) is 6. The molecule has 190 valence electrons. The Morgan fingerprint density at radius 1 is 1.06 bits per heavy atom.